The summed E-state index contributed by atoms with van der Waals surface area (Å²) < 4.78 is 0. The number of hydrogen-bond donors (Lipinski definition) is 2. The van der Waals surface area contributed by atoms with E-state index in [0.29, 0.717) is 12.3 Å². The molecule has 0 saturated heterocycles. The molecular weight excluding hydrogens is 202 g/mol. The fourth-order valence-corrected chi connectivity index (χ4v) is 2.15. The van der Waals surface area contributed by atoms with Crippen LogP contribution >= 0.6 is 11.6 Å². The molecule has 1 aliphatic rings. The van der Waals surface area contributed by atoms with Crippen molar-refractivity contribution in [2.24, 2.45) is 5.92 Å². The summed E-state index contributed by atoms with van der Waals surface area (Å²) >= 11 is 5.47. The fourth-order valence-electron chi connectivity index (χ4n) is 1.98. The second kappa shape index (κ2) is 6.25. The Labute approximate surface area is 89.8 Å². The Morgan fingerprint density at radius 1 is 1.43 bits per heavy atom. The highest BCUT2D eigenvalue weighted by Crippen LogP contribution is 2.23. The first-order valence-electron chi connectivity index (χ1n) is 5.24. The number of aliphatic hydroxyl groups is 1. The number of halogens is 1. The summed E-state index contributed by atoms with van der Waals surface area (Å²) in [4.78, 5) is 11.3. The van der Waals surface area contributed by atoms with E-state index in [-0.39, 0.29) is 24.5 Å². The van der Waals surface area contributed by atoms with E-state index in [2.05, 4.69) is 5.32 Å². The van der Waals surface area contributed by atoms with Crippen molar-refractivity contribution in [2.75, 3.05) is 12.5 Å². The Morgan fingerprint density at radius 2 is 2.14 bits per heavy atom. The average Bonchev–Trinajstić information content (AvgIpc) is 2.19. The van der Waals surface area contributed by atoms with E-state index >= 15 is 0 Å². The van der Waals surface area contributed by atoms with E-state index in [4.69, 9.17) is 16.7 Å². The van der Waals surface area contributed by atoms with Crippen molar-refractivity contribution >= 4 is 17.5 Å². The van der Waals surface area contributed by atoms with Crippen molar-refractivity contribution in [3.05, 3.63) is 0 Å². The van der Waals surface area contributed by atoms with Gasteiger partial charge in [-0.25, -0.2) is 0 Å². The van der Waals surface area contributed by atoms with Crippen LogP contribution in [-0.4, -0.2) is 29.5 Å². The lowest BCUT2D eigenvalue weighted by atomic mass is 9.85. The van der Waals surface area contributed by atoms with Crippen molar-refractivity contribution in [1.29, 1.82) is 0 Å². The van der Waals surface area contributed by atoms with Crippen LogP contribution < -0.4 is 5.32 Å². The zero-order valence-corrected chi connectivity index (χ0v) is 9.09. The van der Waals surface area contributed by atoms with Crippen LogP contribution in [0, 0.1) is 5.92 Å². The van der Waals surface area contributed by atoms with Crippen LogP contribution in [0.3, 0.4) is 0 Å². The minimum absolute atomic E-state index is 0.00495. The Morgan fingerprint density at radius 3 is 2.79 bits per heavy atom. The summed E-state index contributed by atoms with van der Waals surface area (Å²) in [5, 5.41) is 12.1. The van der Waals surface area contributed by atoms with Gasteiger partial charge in [0.25, 0.3) is 0 Å². The van der Waals surface area contributed by atoms with Crippen LogP contribution in [0.15, 0.2) is 0 Å². The number of hydrogen-bond acceptors (Lipinski definition) is 2. The molecule has 0 spiro atoms. The van der Waals surface area contributed by atoms with Gasteiger partial charge in [-0.1, -0.05) is 12.8 Å². The molecule has 1 fully saturated rings. The number of nitrogens with one attached hydrogen (secondary N) is 1. The first-order valence-corrected chi connectivity index (χ1v) is 5.77. The van der Waals surface area contributed by atoms with Crippen molar-refractivity contribution < 1.29 is 9.90 Å². The standard InChI is InChI=1S/C10H18ClNO2/c11-6-5-10(14)12-9-4-2-1-3-8(9)7-13/h8-9,13H,1-7H2,(H,12,14). The SMILES string of the molecule is O=C(CCCl)NC1CCCCC1CO. The quantitative estimate of drug-likeness (QED) is 0.700. The molecule has 0 aromatic carbocycles. The van der Waals surface area contributed by atoms with Gasteiger partial charge in [-0.2, -0.15) is 0 Å². The first kappa shape index (κ1) is 11.8. The third kappa shape index (κ3) is 3.46. The smallest absolute Gasteiger partial charge is 0.221 e. The molecule has 0 aromatic heterocycles. The molecule has 0 bridgehead atoms. The largest absolute Gasteiger partial charge is 0.396 e. The molecule has 2 N–H and O–H groups in total. The molecule has 0 heterocycles. The van der Waals surface area contributed by atoms with Gasteiger partial charge in [0.2, 0.25) is 5.91 Å². The number of carbonyl (C=O) groups is 1. The van der Waals surface area contributed by atoms with Gasteiger partial charge < -0.3 is 10.4 Å². The maximum Gasteiger partial charge on any atom is 0.221 e. The van der Waals surface area contributed by atoms with Crippen LogP contribution in [0.25, 0.3) is 0 Å². The lowest BCUT2D eigenvalue weighted by Gasteiger charge is -2.30. The first-order chi connectivity index (χ1) is 6.77. The minimum Gasteiger partial charge on any atom is -0.396 e. The van der Waals surface area contributed by atoms with E-state index in [1.54, 1.807) is 0 Å². The Kier molecular flexibility index (Phi) is 5.26. The molecule has 4 heteroatoms. The highest BCUT2D eigenvalue weighted by Gasteiger charge is 2.25. The van der Waals surface area contributed by atoms with Crippen molar-refractivity contribution in [2.45, 2.75) is 38.1 Å². The minimum atomic E-state index is 0.00495. The summed E-state index contributed by atoms with van der Waals surface area (Å²) in [6, 6.07) is 0.157. The predicted molar refractivity (Wildman–Crippen MR) is 56.3 cm³/mol. The topological polar surface area (TPSA) is 49.3 Å². The highest BCUT2D eigenvalue weighted by atomic mass is 35.5. The number of amides is 1. The molecular formula is C10H18ClNO2. The summed E-state index contributed by atoms with van der Waals surface area (Å²) in [7, 11) is 0. The normalized spacial score (nSPS) is 27.3. The molecule has 1 saturated carbocycles. The van der Waals surface area contributed by atoms with Crippen LogP contribution in [0.4, 0.5) is 0 Å². The van der Waals surface area contributed by atoms with Gasteiger partial charge in [0.05, 0.1) is 0 Å². The van der Waals surface area contributed by atoms with Crippen molar-refractivity contribution in [1.82, 2.24) is 5.32 Å². The Hall–Kier alpha value is -0.280. The lowest BCUT2D eigenvalue weighted by Crippen LogP contribution is -2.43. The van der Waals surface area contributed by atoms with Gasteiger partial charge in [0.1, 0.15) is 0 Å². The van der Waals surface area contributed by atoms with Crippen LogP contribution in [0.1, 0.15) is 32.1 Å². The van der Waals surface area contributed by atoms with Gasteiger partial charge in [0.15, 0.2) is 0 Å². The predicted octanol–water partition coefficient (Wildman–Crippen LogP) is 1.28. The zero-order valence-electron chi connectivity index (χ0n) is 8.34. The summed E-state index contributed by atoms with van der Waals surface area (Å²) in [5.74, 6) is 0.607. The molecule has 1 rings (SSSR count). The summed E-state index contributed by atoms with van der Waals surface area (Å²) in [5.41, 5.74) is 0. The van der Waals surface area contributed by atoms with E-state index in [9.17, 15) is 4.79 Å². The Balaban J connectivity index is 2.36. The second-order valence-electron chi connectivity index (χ2n) is 3.84. The van der Waals surface area contributed by atoms with Crippen LogP contribution in [0.5, 0.6) is 0 Å². The van der Waals surface area contributed by atoms with E-state index in [1.807, 2.05) is 0 Å². The van der Waals surface area contributed by atoms with E-state index in [1.165, 1.54) is 0 Å². The molecule has 1 aliphatic carbocycles. The Bertz CT molecular complexity index is 187. The zero-order chi connectivity index (χ0) is 10.4. The average molecular weight is 220 g/mol. The lowest BCUT2D eigenvalue weighted by molar-refractivity contribution is -0.122. The van der Waals surface area contributed by atoms with Crippen molar-refractivity contribution in [3.8, 4) is 0 Å². The molecule has 2 atom stereocenters. The number of carbonyl (C=O) groups excluding carboxylic acids is 1. The molecule has 2 unspecified atom stereocenters. The summed E-state index contributed by atoms with van der Waals surface area (Å²) in [6.45, 7) is 0.172. The maximum atomic E-state index is 11.3. The van der Waals surface area contributed by atoms with Crippen molar-refractivity contribution in [3.63, 3.8) is 0 Å². The third-order valence-electron chi connectivity index (χ3n) is 2.81. The molecule has 82 valence electrons. The van der Waals surface area contributed by atoms with Crippen LogP contribution in [-0.2, 0) is 4.79 Å². The monoisotopic (exact) mass is 219 g/mol. The number of rotatable bonds is 4. The maximum absolute atomic E-state index is 11.3. The van der Waals surface area contributed by atoms with Gasteiger partial charge in [-0.05, 0) is 12.8 Å². The van der Waals surface area contributed by atoms with E-state index in [0.717, 1.165) is 25.7 Å². The highest BCUT2D eigenvalue weighted by molar-refractivity contribution is 6.18. The molecule has 0 aliphatic heterocycles. The van der Waals surface area contributed by atoms with Gasteiger partial charge in [0, 0.05) is 30.9 Å². The molecule has 1 amide bonds. The molecule has 0 aromatic rings. The summed E-state index contributed by atoms with van der Waals surface area (Å²) in [6.07, 6.45) is 4.67. The van der Waals surface area contributed by atoms with Gasteiger partial charge in [-0.15, -0.1) is 11.6 Å². The number of alkyl halides is 1. The number of aliphatic hydroxyl groups excluding tert-OH is 1. The van der Waals surface area contributed by atoms with E-state index < -0.39 is 0 Å². The van der Waals surface area contributed by atoms with Crippen LogP contribution in [0.2, 0.25) is 0 Å². The molecule has 0 radical (unpaired) electrons. The van der Waals surface area contributed by atoms with Gasteiger partial charge >= 0.3 is 0 Å². The second-order valence-corrected chi connectivity index (χ2v) is 4.22. The molecule has 14 heavy (non-hydrogen) atoms. The van der Waals surface area contributed by atoms with Gasteiger partial charge in [-0.3, -0.25) is 4.79 Å². The fraction of sp³-hybridized carbons (Fsp3) is 0.900. The third-order valence-corrected chi connectivity index (χ3v) is 3.00. The molecule has 3 nitrogen and oxygen atoms in total.